The number of pyridine rings is 2. The Bertz CT molecular complexity index is 962. The molecule has 0 N–H and O–H groups in total. The molecule has 0 saturated heterocycles. The number of benzene rings is 1. The molecule has 3 heterocycles. The van der Waals surface area contributed by atoms with Gasteiger partial charge in [0.25, 0.3) is 0 Å². The van der Waals surface area contributed by atoms with Crippen molar-refractivity contribution in [1.29, 1.82) is 0 Å². The molecule has 0 amide bonds. The molecule has 4 nitrogen and oxygen atoms in total. The third-order valence-electron chi connectivity index (χ3n) is 3.27. The molecule has 1 aromatic carbocycles. The van der Waals surface area contributed by atoms with Crippen molar-refractivity contribution in [3.8, 4) is 5.75 Å². The zero-order chi connectivity index (χ0) is 13.7. The van der Waals surface area contributed by atoms with E-state index in [0.717, 1.165) is 0 Å². The molecule has 4 rings (SSSR count). The highest BCUT2D eigenvalue weighted by Crippen LogP contribution is 2.37. The topological polar surface area (TPSA) is 48.2 Å². The molecule has 98 valence electrons. The summed E-state index contributed by atoms with van der Waals surface area (Å²) in [5.74, 6) is 0.204. The predicted octanol–water partition coefficient (Wildman–Crippen LogP) is 3.68. The van der Waals surface area contributed by atoms with Crippen molar-refractivity contribution in [2.45, 2.75) is 0 Å². The second kappa shape index (κ2) is 3.90. The van der Waals surface area contributed by atoms with Crippen LogP contribution in [0.3, 0.4) is 0 Å². The van der Waals surface area contributed by atoms with Gasteiger partial charge in [-0.15, -0.1) is 0 Å². The van der Waals surface area contributed by atoms with E-state index < -0.39 is 0 Å². The van der Waals surface area contributed by atoms with Crippen LogP contribution >= 0.6 is 0 Å². The van der Waals surface area contributed by atoms with Crippen molar-refractivity contribution in [3.63, 3.8) is 0 Å². The Morgan fingerprint density at radius 2 is 2.10 bits per heavy atom. The van der Waals surface area contributed by atoms with E-state index in [2.05, 4.69) is 9.97 Å². The minimum atomic E-state index is -0.341. The Morgan fingerprint density at radius 3 is 2.95 bits per heavy atom. The molecule has 0 bridgehead atoms. The van der Waals surface area contributed by atoms with Gasteiger partial charge in [0.05, 0.1) is 12.6 Å². The maximum Gasteiger partial charge on any atom is 0.198 e. The maximum atomic E-state index is 13.4. The van der Waals surface area contributed by atoms with Crippen LogP contribution in [0, 0.1) is 5.82 Å². The van der Waals surface area contributed by atoms with E-state index in [0.29, 0.717) is 38.9 Å². The molecule has 0 fully saturated rings. The summed E-state index contributed by atoms with van der Waals surface area (Å²) in [7, 11) is 1.55. The minimum Gasteiger partial charge on any atom is -0.492 e. The van der Waals surface area contributed by atoms with Crippen molar-refractivity contribution in [3.05, 3.63) is 42.3 Å². The first-order chi connectivity index (χ1) is 9.78. The van der Waals surface area contributed by atoms with E-state index in [1.807, 2.05) is 6.07 Å². The fraction of sp³-hybridized carbons (Fsp3) is 0.0667. The summed E-state index contributed by atoms with van der Waals surface area (Å²) >= 11 is 0. The Morgan fingerprint density at radius 1 is 1.20 bits per heavy atom. The molecule has 0 aliphatic rings. The summed E-state index contributed by atoms with van der Waals surface area (Å²) in [5, 5.41) is 0.709. The molecule has 3 aromatic heterocycles. The monoisotopic (exact) mass is 268 g/mol. The van der Waals surface area contributed by atoms with Crippen LogP contribution in [0.1, 0.15) is 0 Å². The fourth-order valence-electron chi connectivity index (χ4n) is 2.41. The molecule has 0 aliphatic heterocycles. The first-order valence-electron chi connectivity index (χ1n) is 6.08. The first-order valence-corrected chi connectivity index (χ1v) is 6.08. The van der Waals surface area contributed by atoms with Crippen molar-refractivity contribution < 1.29 is 13.5 Å². The Kier molecular flexibility index (Phi) is 2.18. The van der Waals surface area contributed by atoms with Crippen LogP contribution in [0.15, 0.2) is 40.9 Å². The van der Waals surface area contributed by atoms with Crippen LogP contribution in [-0.4, -0.2) is 17.1 Å². The minimum absolute atomic E-state index is 0.341. The van der Waals surface area contributed by atoms with E-state index in [1.54, 1.807) is 25.4 Å². The Balaban J connectivity index is 2.28. The van der Waals surface area contributed by atoms with Gasteiger partial charge >= 0.3 is 0 Å². The largest absolute Gasteiger partial charge is 0.492 e. The van der Waals surface area contributed by atoms with Crippen molar-refractivity contribution >= 4 is 33.1 Å². The van der Waals surface area contributed by atoms with Gasteiger partial charge in [-0.1, -0.05) is 0 Å². The van der Waals surface area contributed by atoms with Crippen LogP contribution in [0.2, 0.25) is 0 Å². The van der Waals surface area contributed by atoms with Crippen LogP contribution < -0.4 is 4.74 Å². The number of fused-ring (bicyclic) bond motifs is 4. The molecule has 0 saturated carbocycles. The van der Waals surface area contributed by atoms with E-state index in [9.17, 15) is 4.39 Å². The molecule has 0 radical (unpaired) electrons. The number of methoxy groups -OCH3 is 1. The Labute approximate surface area is 112 Å². The zero-order valence-corrected chi connectivity index (χ0v) is 10.6. The zero-order valence-electron chi connectivity index (χ0n) is 10.6. The number of halogens is 1. The lowest BCUT2D eigenvalue weighted by atomic mass is 10.1. The summed E-state index contributed by atoms with van der Waals surface area (Å²) in [6, 6.07) is 7.99. The normalized spacial score (nSPS) is 11.5. The van der Waals surface area contributed by atoms with Crippen LogP contribution in [-0.2, 0) is 0 Å². The van der Waals surface area contributed by atoms with Crippen LogP contribution in [0.25, 0.3) is 33.1 Å². The third-order valence-corrected chi connectivity index (χ3v) is 3.27. The van der Waals surface area contributed by atoms with Gasteiger partial charge in [-0.2, -0.15) is 0 Å². The quantitative estimate of drug-likeness (QED) is 0.528. The summed E-state index contributed by atoms with van der Waals surface area (Å²) in [6.07, 6.45) is 1.67. The summed E-state index contributed by atoms with van der Waals surface area (Å²) < 4.78 is 24.6. The van der Waals surface area contributed by atoms with Crippen molar-refractivity contribution in [2.75, 3.05) is 7.11 Å². The third kappa shape index (κ3) is 1.40. The lowest BCUT2D eigenvalue weighted by Crippen LogP contribution is -1.90. The SMILES string of the molecule is COc1c2ccc(F)cc2nc2c1oc1cccnc12. The van der Waals surface area contributed by atoms with Gasteiger partial charge in [-0.05, 0) is 24.3 Å². The highest BCUT2D eigenvalue weighted by Gasteiger charge is 2.17. The number of furan rings is 1. The molecule has 20 heavy (non-hydrogen) atoms. The second-order valence-electron chi connectivity index (χ2n) is 4.44. The number of rotatable bonds is 1. The van der Waals surface area contributed by atoms with E-state index in [1.165, 1.54) is 12.1 Å². The van der Waals surface area contributed by atoms with Crippen molar-refractivity contribution in [2.24, 2.45) is 0 Å². The van der Waals surface area contributed by atoms with Gasteiger partial charge in [0.1, 0.15) is 16.9 Å². The van der Waals surface area contributed by atoms with E-state index in [4.69, 9.17) is 9.15 Å². The smallest absolute Gasteiger partial charge is 0.198 e. The molecule has 5 heteroatoms. The van der Waals surface area contributed by atoms with Gasteiger partial charge in [0, 0.05) is 17.6 Å². The summed E-state index contributed by atoms with van der Waals surface area (Å²) in [5.41, 5.74) is 2.90. The molecule has 0 atom stereocenters. The second-order valence-corrected chi connectivity index (χ2v) is 4.44. The highest BCUT2D eigenvalue weighted by atomic mass is 19.1. The maximum absolute atomic E-state index is 13.4. The molecule has 0 spiro atoms. The molecule has 4 aromatic rings. The van der Waals surface area contributed by atoms with Crippen molar-refractivity contribution in [1.82, 2.24) is 9.97 Å². The van der Waals surface area contributed by atoms with Gasteiger partial charge in [0.2, 0.25) is 0 Å². The number of aromatic nitrogens is 2. The molecular weight excluding hydrogens is 259 g/mol. The number of hydrogen-bond acceptors (Lipinski definition) is 4. The van der Waals surface area contributed by atoms with Gasteiger partial charge in [0.15, 0.2) is 16.9 Å². The molecule has 0 unspecified atom stereocenters. The first kappa shape index (κ1) is 11.2. The van der Waals surface area contributed by atoms with E-state index >= 15 is 0 Å². The molecular formula is C15H9FN2O2. The fourth-order valence-corrected chi connectivity index (χ4v) is 2.41. The average molecular weight is 268 g/mol. The van der Waals surface area contributed by atoms with Crippen LogP contribution in [0.5, 0.6) is 5.75 Å². The van der Waals surface area contributed by atoms with E-state index in [-0.39, 0.29) is 5.82 Å². The number of ether oxygens (including phenoxy) is 1. The average Bonchev–Trinajstić information content (AvgIpc) is 2.83. The number of nitrogens with zero attached hydrogens (tertiary/aromatic N) is 2. The molecule has 0 aliphatic carbocycles. The van der Waals surface area contributed by atoms with Gasteiger partial charge in [-0.25, -0.2) is 9.37 Å². The summed E-state index contributed by atoms with van der Waals surface area (Å²) in [6.45, 7) is 0. The predicted molar refractivity (Wildman–Crippen MR) is 73.3 cm³/mol. The summed E-state index contributed by atoms with van der Waals surface area (Å²) in [4.78, 5) is 8.73. The lowest BCUT2D eigenvalue weighted by Gasteiger charge is -2.05. The Hall–Kier alpha value is -2.69. The number of hydrogen-bond donors (Lipinski definition) is 0. The highest BCUT2D eigenvalue weighted by molar-refractivity contribution is 6.08. The van der Waals surface area contributed by atoms with Crippen LogP contribution in [0.4, 0.5) is 4.39 Å². The van der Waals surface area contributed by atoms with Gasteiger partial charge < -0.3 is 9.15 Å². The lowest BCUT2D eigenvalue weighted by molar-refractivity contribution is 0.416. The van der Waals surface area contributed by atoms with Gasteiger partial charge in [-0.3, -0.25) is 4.98 Å². The standard InChI is InChI=1S/C15H9FN2O2/c1-19-14-9-5-4-8(16)7-10(9)18-13-12-11(20-15(13)14)3-2-6-17-12/h2-7H,1H3.